The first-order valence-electron chi connectivity index (χ1n) is 10.5. The zero-order chi connectivity index (χ0) is 22.2. The molecule has 0 spiro atoms. The molecule has 31 heavy (non-hydrogen) atoms. The van der Waals surface area contributed by atoms with Crippen molar-refractivity contribution in [3.63, 3.8) is 0 Å². The van der Waals surface area contributed by atoms with E-state index in [-0.39, 0.29) is 5.91 Å². The van der Waals surface area contributed by atoms with Crippen LogP contribution in [0, 0.1) is 13.8 Å². The average molecular weight is 419 g/mol. The van der Waals surface area contributed by atoms with Crippen LogP contribution in [-0.2, 0) is 9.59 Å². The van der Waals surface area contributed by atoms with Crippen molar-refractivity contribution in [2.24, 2.45) is 0 Å². The second kappa shape index (κ2) is 7.98. The molecule has 7 nitrogen and oxygen atoms in total. The second-order valence-corrected chi connectivity index (χ2v) is 8.30. The number of hydrogen-bond donors (Lipinski definition) is 2. The molecule has 0 radical (unpaired) electrons. The Morgan fingerprint density at radius 1 is 0.903 bits per heavy atom. The number of nitrogens with one attached hydrogen (secondary N) is 2. The first kappa shape index (κ1) is 20.8. The van der Waals surface area contributed by atoms with Gasteiger partial charge in [-0.25, -0.2) is 0 Å². The van der Waals surface area contributed by atoms with Gasteiger partial charge in [-0.05, 0) is 49.9 Å². The van der Waals surface area contributed by atoms with E-state index in [2.05, 4.69) is 10.6 Å². The third-order valence-corrected chi connectivity index (χ3v) is 6.17. The molecule has 0 aromatic heterocycles. The van der Waals surface area contributed by atoms with Crippen LogP contribution in [-0.4, -0.2) is 40.6 Å². The highest BCUT2D eigenvalue weighted by molar-refractivity contribution is 6.22. The number of fused-ring (bicyclic) bond motifs is 1. The van der Waals surface area contributed by atoms with Gasteiger partial charge in [0.05, 0.1) is 11.1 Å². The molecule has 0 atom stereocenters. The number of amides is 4. The van der Waals surface area contributed by atoms with Crippen molar-refractivity contribution in [3.8, 4) is 0 Å². The lowest BCUT2D eigenvalue weighted by Gasteiger charge is -2.30. The van der Waals surface area contributed by atoms with E-state index >= 15 is 0 Å². The molecule has 7 heteroatoms. The van der Waals surface area contributed by atoms with Gasteiger partial charge in [0.2, 0.25) is 11.8 Å². The van der Waals surface area contributed by atoms with E-state index in [0.717, 1.165) is 34.6 Å². The average Bonchev–Trinajstić information content (AvgIpc) is 3.31. The van der Waals surface area contributed by atoms with Gasteiger partial charge in [-0.1, -0.05) is 43.2 Å². The van der Waals surface area contributed by atoms with Crippen LogP contribution in [0.15, 0.2) is 42.5 Å². The summed E-state index contributed by atoms with van der Waals surface area (Å²) in [6.45, 7) is 3.43. The summed E-state index contributed by atoms with van der Waals surface area (Å²) in [5.74, 6) is -1.77. The molecule has 1 aliphatic heterocycles. The molecule has 1 saturated carbocycles. The zero-order valence-corrected chi connectivity index (χ0v) is 17.7. The Hall–Kier alpha value is -3.48. The topological polar surface area (TPSA) is 95.6 Å². The molecular formula is C24H25N3O4. The Bertz CT molecular complexity index is 1030. The Kier molecular flexibility index (Phi) is 5.35. The molecule has 1 fully saturated rings. The number of benzene rings is 2. The van der Waals surface area contributed by atoms with Gasteiger partial charge in [-0.15, -0.1) is 0 Å². The van der Waals surface area contributed by atoms with Gasteiger partial charge in [0.25, 0.3) is 11.8 Å². The summed E-state index contributed by atoms with van der Waals surface area (Å²) in [6, 6.07) is 12.3. The van der Waals surface area contributed by atoms with E-state index in [0.29, 0.717) is 24.0 Å². The number of anilines is 1. The third kappa shape index (κ3) is 3.71. The lowest BCUT2D eigenvalue weighted by molar-refractivity contribution is -0.130. The Balaban J connectivity index is 1.49. The molecule has 2 aromatic carbocycles. The summed E-state index contributed by atoms with van der Waals surface area (Å²) >= 11 is 0. The van der Waals surface area contributed by atoms with Crippen LogP contribution in [0.1, 0.15) is 57.5 Å². The van der Waals surface area contributed by atoms with Crippen molar-refractivity contribution in [1.82, 2.24) is 10.2 Å². The molecule has 0 unspecified atom stereocenters. The molecule has 2 aromatic rings. The molecule has 0 bridgehead atoms. The largest absolute Gasteiger partial charge is 0.340 e. The van der Waals surface area contributed by atoms with Crippen LogP contribution in [0.25, 0.3) is 0 Å². The van der Waals surface area contributed by atoms with Crippen molar-refractivity contribution in [1.29, 1.82) is 0 Å². The fourth-order valence-corrected chi connectivity index (χ4v) is 4.46. The Morgan fingerprint density at radius 3 is 2.00 bits per heavy atom. The molecule has 1 aliphatic carbocycles. The van der Waals surface area contributed by atoms with E-state index in [1.165, 1.54) is 0 Å². The number of para-hydroxylation sites is 1. The molecular weight excluding hydrogens is 394 g/mol. The summed E-state index contributed by atoms with van der Waals surface area (Å²) in [5, 5.41) is 5.84. The molecule has 4 rings (SSSR count). The molecule has 1 heterocycles. The predicted molar refractivity (Wildman–Crippen MR) is 116 cm³/mol. The summed E-state index contributed by atoms with van der Waals surface area (Å²) in [6.07, 6.45) is 2.65. The van der Waals surface area contributed by atoms with Crippen LogP contribution >= 0.6 is 0 Å². The fourth-order valence-electron chi connectivity index (χ4n) is 4.46. The highest BCUT2D eigenvalue weighted by Gasteiger charge is 2.44. The molecule has 2 N–H and O–H groups in total. The van der Waals surface area contributed by atoms with Crippen molar-refractivity contribution in [2.75, 3.05) is 11.9 Å². The van der Waals surface area contributed by atoms with Gasteiger partial charge in [0.1, 0.15) is 12.1 Å². The van der Waals surface area contributed by atoms with Gasteiger partial charge >= 0.3 is 0 Å². The van der Waals surface area contributed by atoms with E-state index in [4.69, 9.17) is 0 Å². The number of carbonyl (C=O) groups excluding carboxylic acids is 4. The highest BCUT2D eigenvalue weighted by atomic mass is 16.2. The third-order valence-electron chi connectivity index (χ3n) is 6.17. The number of hydrogen-bond acceptors (Lipinski definition) is 4. The first-order chi connectivity index (χ1) is 14.8. The lowest BCUT2D eigenvalue weighted by Crippen LogP contribution is -2.57. The minimum atomic E-state index is -1.05. The van der Waals surface area contributed by atoms with Crippen LogP contribution in [0.2, 0.25) is 0 Å². The van der Waals surface area contributed by atoms with E-state index in [9.17, 15) is 19.2 Å². The van der Waals surface area contributed by atoms with Crippen molar-refractivity contribution >= 4 is 29.3 Å². The standard InChI is InChI=1S/C24H25N3O4/c1-15-8-7-9-16(2)20(15)25-23(31)24(12-5-6-13-24)26-19(28)14-27-21(29)17-10-3-4-11-18(17)22(27)30/h3-4,7-11H,5-6,12-14H2,1-2H3,(H,25,31)(H,26,28). The number of nitrogens with zero attached hydrogens (tertiary/aromatic N) is 1. The minimum Gasteiger partial charge on any atom is -0.340 e. The molecule has 4 amide bonds. The summed E-state index contributed by atoms with van der Waals surface area (Å²) in [5.41, 5.74) is 2.17. The number of carbonyl (C=O) groups is 4. The number of aryl methyl sites for hydroxylation is 2. The highest BCUT2D eigenvalue weighted by Crippen LogP contribution is 2.32. The fraction of sp³-hybridized carbons (Fsp3) is 0.333. The van der Waals surface area contributed by atoms with E-state index < -0.39 is 29.8 Å². The predicted octanol–water partition coefficient (Wildman–Crippen LogP) is 2.97. The van der Waals surface area contributed by atoms with Gasteiger partial charge in [-0.2, -0.15) is 0 Å². The van der Waals surface area contributed by atoms with Gasteiger partial charge in [0, 0.05) is 5.69 Å². The maximum absolute atomic E-state index is 13.2. The first-order valence-corrected chi connectivity index (χ1v) is 10.5. The minimum absolute atomic E-state index is 0.266. The maximum Gasteiger partial charge on any atom is 0.262 e. The van der Waals surface area contributed by atoms with Crippen molar-refractivity contribution in [3.05, 3.63) is 64.7 Å². The summed E-state index contributed by atoms with van der Waals surface area (Å²) in [4.78, 5) is 52.2. The van der Waals surface area contributed by atoms with E-state index in [1.54, 1.807) is 24.3 Å². The Morgan fingerprint density at radius 2 is 1.45 bits per heavy atom. The van der Waals surface area contributed by atoms with Gasteiger partial charge < -0.3 is 10.6 Å². The summed E-state index contributed by atoms with van der Waals surface area (Å²) < 4.78 is 0. The van der Waals surface area contributed by atoms with Crippen LogP contribution in [0.4, 0.5) is 5.69 Å². The number of imide groups is 1. The quantitative estimate of drug-likeness (QED) is 0.729. The SMILES string of the molecule is Cc1cccc(C)c1NC(=O)C1(NC(=O)CN2C(=O)c3ccccc3C2=O)CCCC1. The second-order valence-electron chi connectivity index (χ2n) is 8.30. The zero-order valence-electron chi connectivity index (χ0n) is 17.7. The van der Waals surface area contributed by atoms with E-state index in [1.807, 2.05) is 32.0 Å². The lowest BCUT2D eigenvalue weighted by atomic mass is 9.95. The van der Waals surface area contributed by atoms with Gasteiger partial charge in [-0.3, -0.25) is 24.1 Å². The van der Waals surface area contributed by atoms with Crippen molar-refractivity contribution in [2.45, 2.75) is 45.1 Å². The normalized spacial score (nSPS) is 16.9. The van der Waals surface area contributed by atoms with Crippen LogP contribution in [0.5, 0.6) is 0 Å². The summed E-state index contributed by atoms with van der Waals surface area (Å²) in [7, 11) is 0. The number of rotatable bonds is 5. The molecule has 160 valence electrons. The maximum atomic E-state index is 13.2. The van der Waals surface area contributed by atoms with Crippen LogP contribution in [0.3, 0.4) is 0 Å². The molecule has 2 aliphatic rings. The van der Waals surface area contributed by atoms with Gasteiger partial charge in [0.15, 0.2) is 0 Å². The smallest absolute Gasteiger partial charge is 0.262 e. The monoisotopic (exact) mass is 419 g/mol. The van der Waals surface area contributed by atoms with Crippen molar-refractivity contribution < 1.29 is 19.2 Å². The molecule has 0 saturated heterocycles. The Labute approximate surface area is 180 Å². The van der Waals surface area contributed by atoms with Crippen LogP contribution < -0.4 is 10.6 Å².